The monoisotopic (exact) mass is 313 g/mol. The molecule has 0 saturated carbocycles. The summed E-state index contributed by atoms with van der Waals surface area (Å²) in [5, 5.41) is 1.28. The number of rotatable bonds is 0. The lowest BCUT2D eigenvalue weighted by Crippen LogP contribution is -1.66. The van der Waals surface area contributed by atoms with Crippen molar-refractivity contribution in [2.24, 2.45) is 0 Å². The van der Waals surface area contributed by atoms with Gasteiger partial charge < -0.3 is 34.3 Å². The zero-order chi connectivity index (χ0) is 15.1. The van der Waals surface area contributed by atoms with Gasteiger partial charge in [-0.3, -0.25) is 0 Å². The molecule has 0 unspecified atom stereocenters. The van der Waals surface area contributed by atoms with Gasteiger partial charge in [-0.1, -0.05) is 18.2 Å². The van der Waals surface area contributed by atoms with Gasteiger partial charge in [0.25, 0.3) is 0 Å². The fourth-order valence-electron chi connectivity index (χ4n) is 0.995. The van der Waals surface area contributed by atoms with Gasteiger partial charge in [-0.15, -0.1) is 0 Å². The van der Waals surface area contributed by atoms with Crippen LogP contribution in [0, 0.1) is 0 Å². The normalized spacial score (nSPS) is 11.1. The summed E-state index contributed by atoms with van der Waals surface area (Å²) in [4.78, 5) is 46.2. The Kier molecular flexibility index (Phi) is 7.14. The lowest BCUT2D eigenvalue weighted by atomic mass is 10.3. The number of fused-ring (bicyclic) bond motifs is 1. The maximum Gasteiger partial charge on any atom is 0.466 e. The van der Waals surface area contributed by atoms with Gasteiger partial charge in [0.2, 0.25) is 0 Å². The van der Waals surface area contributed by atoms with Crippen molar-refractivity contribution in [3.63, 3.8) is 0 Å². The molecule has 9 nitrogen and oxygen atoms in total. The molecule has 11 heteroatoms. The summed E-state index contributed by atoms with van der Waals surface area (Å²) in [6.07, 6.45) is 1.95. The average molecular weight is 313 g/mol. The van der Waals surface area contributed by atoms with E-state index in [9.17, 15) is 0 Å². The van der Waals surface area contributed by atoms with E-state index >= 15 is 0 Å². The average Bonchev–Trinajstić information content (AvgIpc) is 2.59. The molecule has 1 aromatic heterocycles. The Bertz CT molecular complexity index is 518. The Balaban J connectivity index is 0.000000283. The van der Waals surface area contributed by atoms with Crippen LogP contribution in [-0.4, -0.2) is 34.3 Å². The van der Waals surface area contributed by atoms with Gasteiger partial charge in [-0.25, -0.2) is 9.13 Å². The summed E-state index contributed by atoms with van der Waals surface area (Å²) in [5.74, 6) is 0. The largest absolute Gasteiger partial charge is 0.466 e. The number of aromatic nitrogens is 1. The maximum atomic E-state index is 8.88. The van der Waals surface area contributed by atoms with Crippen LogP contribution in [0.25, 0.3) is 10.9 Å². The minimum atomic E-state index is -4.64. The molecule has 0 saturated heterocycles. The molecule has 0 aliphatic carbocycles. The fourth-order valence-corrected chi connectivity index (χ4v) is 0.995. The predicted molar refractivity (Wildman–Crippen MR) is 66.8 cm³/mol. The van der Waals surface area contributed by atoms with Crippen LogP contribution in [0.5, 0.6) is 0 Å². The first kappa shape index (κ1) is 18.0. The van der Waals surface area contributed by atoms with E-state index in [0.717, 1.165) is 0 Å². The second-order valence-corrected chi connectivity index (χ2v) is 5.14. The molecule has 108 valence electrons. The molecular formula is C8H13NO8P2. The van der Waals surface area contributed by atoms with Gasteiger partial charge in [0, 0.05) is 11.7 Å². The zero-order valence-electron chi connectivity index (χ0n) is 9.36. The molecular weight excluding hydrogens is 300 g/mol. The number of para-hydroxylation sites is 1. The maximum absolute atomic E-state index is 8.88. The van der Waals surface area contributed by atoms with Gasteiger partial charge in [0.15, 0.2) is 0 Å². The zero-order valence-corrected chi connectivity index (χ0v) is 11.1. The SMILES string of the molecule is O=P(O)(O)O.O=P(O)(O)O.c1ccc2[nH]ccc2c1. The summed E-state index contributed by atoms with van der Waals surface area (Å²) >= 11 is 0. The molecule has 1 aromatic carbocycles. The molecule has 0 aliphatic rings. The van der Waals surface area contributed by atoms with Crippen LogP contribution in [0.1, 0.15) is 0 Å². The predicted octanol–water partition coefficient (Wildman–Crippen LogP) is 0.311. The van der Waals surface area contributed by atoms with Crippen molar-refractivity contribution in [1.29, 1.82) is 0 Å². The third kappa shape index (κ3) is 14.9. The molecule has 0 fully saturated rings. The first-order valence-corrected chi connectivity index (χ1v) is 7.68. The highest BCUT2D eigenvalue weighted by Crippen LogP contribution is 2.26. The Morgan fingerprint density at radius 1 is 0.789 bits per heavy atom. The minimum Gasteiger partial charge on any atom is -0.361 e. The number of hydrogen-bond acceptors (Lipinski definition) is 2. The van der Waals surface area contributed by atoms with Crippen molar-refractivity contribution in [2.45, 2.75) is 0 Å². The van der Waals surface area contributed by atoms with E-state index in [1.807, 2.05) is 18.3 Å². The second-order valence-electron chi connectivity index (χ2n) is 3.09. The van der Waals surface area contributed by atoms with Crippen molar-refractivity contribution < 1.29 is 38.5 Å². The van der Waals surface area contributed by atoms with Crippen LogP contribution in [-0.2, 0) is 9.13 Å². The molecule has 0 radical (unpaired) electrons. The molecule has 2 aromatic rings. The van der Waals surface area contributed by atoms with Crippen molar-refractivity contribution in [3.8, 4) is 0 Å². The lowest BCUT2D eigenvalue weighted by molar-refractivity contribution is 0.272. The second kappa shape index (κ2) is 7.54. The fraction of sp³-hybridized carbons (Fsp3) is 0. The van der Waals surface area contributed by atoms with Crippen LogP contribution < -0.4 is 0 Å². The molecule has 0 amide bonds. The van der Waals surface area contributed by atoms with E-state index in [0.29, 0.717) is 0 Å². The summed E-state index contributed by atoms with van der Waals surface area (Å²) in [6.45, 7) is 0. The highest BCUT2D eigenvalue weighted by molar-refractivity contribution is 7.45. The van der Waals surface area contributed by atoms with Crippen LogP contribution in [0.4, 0.5) is 0 Å². The lowest BCUT2D eigenvalue weighted by Gasteiger charge is -1.83. The van der Waals surface area contributed by atoms with E-state index in [1.165, 1.54) is 10.9 Å². The summed E-state index contributed by atoms with van der Waals surface area (Å²) in [6, 6.07) is 10.3. The van der Waals surface area contributed by atoms with E-state index < -0.39 is 15.6 Å². The Labute approximate surface area is 107 Å². The number of phosphoric acid groups is 2. The van der Waals surface area contributed by atoms with E-state index in [1.54, 1.807) is 0 Å². The van der Waals surface area contributed by atoms with E-state index in [-0.39, 0.29) is 0 Å². The number of nitrogens with one attached hydrogen (secondary N) is 1. The highest BCUT2D eigenvalue weighted by atomic mass is 31.2. The van der Waals surface area contributed by atoms with Gasteiger partial charge in [0.1, 0.15) is 0 Å². The van der Waals surface area contributed by atoms with Gasteiger partial charge in [-0.2, -0.15) is 0 Å². The Morgan fingerprint density at radius 2 is 1.21 bits per heavy atom. The molecule has 0 aliphatic heterocycles. The number of H-pyrrole nitrogens is 1. The Morgan fingerprint density at radius 3 is 1.63 bits per heavy atom. The smallest absolute Gasteiger partial charge is 0.361 e. The molecule has 0 bridgehead atoms. The highest BCUT2D eigenvalue weighted by Gasteiger charge is 2.00. The third-order valence-electron chi connectivity index (χ3n) is 1.46. The van der Waals surface area contributed by atoms with Gasteiger partial charge in [0.05, 0.1) is 0 Å². The molecule has 2 rings (SSSR count). The van der Waals surface area contributed by atoms with Crippen molar-refractivity contribution in [2.75, 3.05) is 0 Å². The number of benzene rings is 1. The topological polar surface area (TPSA) is 171 Å². The first-order valence-electron chi connectivity index (χ1n) is 4.55. The molecule has 0 atom stereocenters. The third-order valence-corrected chi connectivity index (χ3v) is 1.46. The quantitative estimate of drug-likeness (QED) is 0.340. The number of aromatic amines is 1. The van der Waals surface area contributed by atoms with Gasteiger partial charge >= 0.3 is 15.6 Å². The summed E-state index contributed by atoms with van der Waals surface area (Å²) in [5.41, 5.74) is 1.21. The Hall–Kier alpha value is -1.02. The molecule has 7 N–H and O–H groups in total. The van der Waals surface area contributed by atoms with Crippen molar-refractivity contribution in [1.82, 2.24) is 4.98 Å². The van der Waals surface area contributed by atoms with Crippen LogP contribution >= 0.6 is 15.6 Å². The summed E-state index contributed by atoms with van der Waals surface area (Å²) in [7, 11) is -9.28. The molecule has 19 heavy (non-hydrogen) atoms. The van der Waals surface area contributed by atoms with Crippen LogP contribution in [0.3, 0.4) is 0 Å². The van der Waals surface area contributed by atoms with Crippen LogP contribution in [0.15, 0.2) is 36.5 Å². The van der Waals surface area contributed by atoms with Gasteiger partial charge in [-0.05, 0) is 17.5 Å². The van der Waals surface area contributed by atoms with E-state index in [4.69, 9.17) is 38.5 Å². The standard InChI is InChI=1S/C8H7N.2H3O4P/c1-2-4-8-7(3-1)5-6-9-8;2*1-5(2,3)4/h1-6,9H;2*(H3,1,2,3,4). The molecule has 1 heterocycles. The first-order chi connectivity index (χ1) is 8.47. The van der Waals surface area contributed by atoms with Crippen LogP contribution in [0.2, 0.25) is 0 Å². The summed E-state index contributed by atoms with van der Waals surface area (Å²) < 4.78 is 17.8. The van der Waals surface area contributed by atoms with Crippen molar-refractivity contribution in [3.05, 3.63) is 36.5 Å². The van der Waals surface area contributed by atoms with Crippen molar-refractivity contribution >= 4 is 26.5 Å². The molecule has 0 spiro atoms. The minimum absolute atomic E-state index is 1.21. The number of hydrogen-bond donors (Lipinski definition) is 7. The van der Waals surface area contributed by atoms with E-state index in [2.05, 4.69) is 23.2 Å².